The first-order valence-electron chi connectivity index (χ1n) is 7.19. The van der Waals surface area contributed by atoms with Crippen molar-refractivity contribution in [3.63, 3.8) is 0 Å². The van der Waals surface area contributed by atoms with E-state index in [9.17, 15) is 14.7 Å². The Morgan fingerprint density at radius 3 is 2.95 bits per heavy atom. The number of aliphatic carboxylic acids is 1. The number of nitrogens with zero attached hydrogens (tertiary/aromatic N) is 1. The number of carbonyl (C=O) groups is 2. The predicted octanol–water partition coefficient (Wildman–Crippen LogP) is 3.08. The monoisotopic (exact) mass is 327 g/mol. The van der Waals surface area contributed by atoms with Crippen molar-refractivity contribution in [2.45, 2.75) is 31.9 Å². The molecule has 1 aromatic heterocycles. The van der Waals surface area contributed by atoms with Crippen LogP contribution < -0.4 is 0 Å². The minimum atomic E-state index is -0.770. The largest absolute Gasteiger partial charge is 0.481 e. The molecule has 1 unspecified atom stereocenters. The highest BCUT2D eigenvalue weighted by atomic mass is 32.2. The molecule has 2 heterocycles. The normalized spacial score (nSPS) is 22.2. The van der Waals surface area contributed by atoms with Crippen LogP contribution in [0.1, 0.15) is 31.1 Å². The van der Waals surface area contributed by atoms with Gasteiger partial charge in [-0.25, -0.2) is 0 Å². The van der Waals surface area contributed by atoms with Gasteiger partial charge in [0.2, 0.25) is 5.91 Å². The fraction of sp³-hybridized carbons (Fsp3) is 0.600. The van der Waals surface area contributed by atoms with E-state index in [1.807, 2.05) is 18.4 Å². The summed E-state index contributed by atoms with van der Waals surface area (Å²) in [6, 6.07) is 4.07. The Morgan fingerprint density at radius 1 is 1.52 bits per heavy atom. The van der Waals surface area contributed by atoms with Crippen molar-refractivity contribution in [1.29, 1.82) is 0 Å². The van der Waals surface area contributed by atoms with E-state index in [1.165, 1.54) is 4.88 Å². The highest BCUT2D eigenvalue weighted by Crippen LogP contribution is 2.34. The van der Waals surface area contributed by atoms with E-state index < -0.39 is 11.4 Å². The third kappa shape index (κ3) is 4.01. The van der Waals surface area contributed by atoms with Gasteiger partial charge in [0, 0.05) is 23.7 Å². The molecule has 4 nitrogen and oxygen atoms in total. The quantitative estimate of drug-likeness (QED) is 0.872. The molecule has 1 fully saturated rings. The highest BCUT2D eigenvalue weighted by molar-refractivity contribution is 7.99. The Morgan fingerprint density at radius 2 is 2.33 bits per heavy atom. The number of piperidine rings is 1. The molecule has 1 amide bonds. The summed E-state index contributed by atoms with van der Waals surface area (Å²) in [6.07, 6.45) is 2.03. The number of carboxylic acids is 1. The Kier molecular flexibility index (Phi) is 5.70. The van der Waals surface area contributed by atoms with E-state index in [-0.39, 0.29) is 5.91 Å². The van der Waals surface area contributed by atoms with Crippen molar-refractivity contribution < 1.29 is 14.7 Å². The molecule has 1 saturated heterocycles. The predicted molar refractivity (Wildman–Crippen MR) is 86.7 cm³/mol. The van der Waals surface area contributed by atoms with Crippen LogP contribution >= 0.6 is 23.1 Å². The average Bonchev–Trinajstić information content (AvgIpc) is 3.00. The topological polar surface area (TPSA) is 57.6 Å². The fourth-order valence-corrected chi connectivity index (χ4v) is 4.45. The van der Waals surface area contributed by atoms with Crippen LogP contribution in [-0.4, -0.2) is 40.7 Å². The second-order valence-electron chi connectivity index (χ2n) is 5.43. The van der Waals surface area contributed by atoms with E-state index in [2.05, 4.69) is 6.07 Å². The molecule has 116 valence electrons. The molecule has 21 heavy (non-hydrogen) atoms. The summed E-state index contributed by atoms with van der Waals surface area (Å²) in [5.41, 5.74) is -0.744. The fourth-order valence-electron chi connectivity index (χ4n) is 2.68. The first kappa shape index (κ1) is 16.4. The van der Waals surface area contributed by atoms with Crippen molar-refractivity contribution in [3.8, 4) is 0 Å². The second-order valence-corrected chi connectivity index (χ2v) is 7.45. The average molecular weight is 327 g/mol. The molecule has 1 aromatic rings. The van der Waals surface area contributed by atoms with Crippen molar-refractivity contribution >= 4 is 35.0 Å². The first-order chi connectivity index (χ1) is 10.1. The Bertz CT molecular complexity index is 489. The van der Waals surface area contributed by atoms with E-state index >= 15 is 0 Å². The van der Waals surface area contributed by atoms with Gasteiger partial charge in [-0.1, -0.05) is 13.0 Å². The molecule has 0 bridgehead atoms. The van der Waals surface area contributed by atoms with Gasteiger partial charge in [0.05, 0.1) is 11.2 Å². The number of likely N-dealkylation sites (tertiary alicyclic amines) is 1. The van der Waals surface area contributed by atoms with Crippen LogP contribution in [0.2, 0.25) is 0 Å². The molecule has 0 spiro atoms. The molecular weight excluding hydrogens is 306 g/mol. The number of rotatable bonds is 6. The molecule has 0 aromatic carbocycles. The lowest BCUT2D eigenvalue weighted by atomic mass is 9.77. The summed E-state index contributed by atoms with van der Waals surface area (Å²) in [6.45, 7) is 2.94. The summed E-state index contributed by atoms with van der Waals surface area (Å²) >= 11 is 3.29. The smallest absolute Gasteiger partial charge is 0.311 e. The first-order valence-corrected chi connectivity index (χ1v) is 9.22. The van der Waals surface area contributed by atoms with Gasteiger partial charge in [-0.2, -0.15) is 0 Å². The summed E-state index contributed by atoms with van der Waals surface area (Å²) in [4.78, 5) is 26.8. The number of thiophene rings is 1. The van der Waals surface area contributed by atoms with Crippen LogP contribution in [-0.2, 0) is 15.3 Å². The van der Waals surface area contributed by atoms with Crippen LogP contribution in [0.25, 0.3) is 0 Å². The van der Waals surface area contributed by atoms with Gasteiger partial charge in [-0.05, 0) is 30.7 Å². The molecule has 1 aliphatic rings. The third-order valence-corrected chi connectivity index (χ3v) is 6.14. The van der Waals surface area contributed by atoms with Gasteiger partial charge < -0.3 is 10.0 Å². The maximum absolute atomic E-state index is 12.3. The summed E-state index contributed by atoms with van der Waals surface area (Å²) in [5.74, 6) is 0.566. The molecule has 2 rings (SSSR count). The zero-order valence-corrected chi connectivity index (χ0v) is 13.8. The lowest BCUT2D eigenvalue weighted by molar-refractivity contribution is -0.154. The number of amides is 1. The van der Waals surface area contributed by atoms with Gasteiger partial charge in [-0.3, -0.25) is 9.59 Å². The van der Waals surface area contributed by atoms with Crippen LogP contribution in [0.3, 0.4) is 0 Å². The van der Waals surface area contributed by atoms with Gasteiger partial charge in [-0.15, -0.1) is 23.1 Å². The number of hydrogen-bond donors (Lipinski definition) is 1. The number of thioether (sulfide) groups is 1. The minimum Gasteiger partial charge on any atom is -0.481 e. The molecule has 1 N–H and O–H groups in total. The lowest BCUT2D eigenvalue weighted by Gasteiger charge is -2.39. The minimum absolute atomic E-state index is 0.0651. The molecule has 1 atom stereocenters. The van der Waals surface area contributed by atoms with E-state index in [4.69, 9.17) is 0 Å². The summed E-state index contributed by atoms with van der Waals surface area (Å²) < 4.78 is 0. The molecule has 6 heteroatoms. The Balaban J connectivity index is 1.85. The van der Waals surface area contributed by atoms with Crippen molar-refractivity contribution in [2.24, 2.45) is 5.41 Å². The maximum Gasteiger partial charge on any atom is 0.311 e. The SMILES string of the molecule is CCC1(C(=O)O)CCCN(C(=O)CSCc2cccs2)C1. The van der Waals surface area contributed by atoms with E-state index in [1.54, 1.807) is 28.0 Å². The van der Waals surface area contributed by atoms with Gasteiger partial charge in [0.1, 0.15) is 0 Å². The van der Waals surface area contributed by atoms with E-state index in [0.717, 1.165) is 12.2 Å². The zero-order valence-electron chi connectivity index (χ0n) is 12.2. The summed E-state index contributed by atoms with van der Waals surface area (Å²) in [7, 11) is 0. The third-order valence-electron chi connectivity index (χ3n) is 4.11. The Labute approximate surface area is 133 Å². The van der Waals surface area contributed by atoms with Crippen molar-refractivity contribution in [2.75, 3.05) is 18.8 Å². The molecule has 0 aliphatic carbocycles. The second kappa shape index (κ2) is 7.31. The van der Waals surface area contributed by atoms with Gasteiger partial charge in [0.15, 0.2) is 0 Å². The molecule has 0 radical (unpaired) electrons. The molecule has 0 saturated carbocycles. The van der Waals surface area contributed by atoms with Gasteiger partial charge >= 0.3 is 5.97 Å². The number of carbonyl (C=O) groups excluding carboxylic acids is 1. The van der Waals surface area contributed by atoms with Crippen LogP contribution in [0.4, 0.5) is 0 Å². The zero-order chi connectivity index (χ0) is 15.3. The number of carboxylic acid groups (broad SMARTS) is 1. The molecular formula is C15H21NO3S2. The van der Waals surface area contributed by atoms with Crippen LogP contribution in [0, 0.1) is 5.41 Å². The van der Waals surface area contributed by atoms with Crippen LogP contribution in [0.15, 0.2) is 17.5 Å². The molecule has 1 aliphatic heterocycles. The Hall–Kier alpha value is -1.01. The van der Waals surface area contributed by atoms with E-state index in [0.29, 0.717) is 31.7 Å². The standard InChI is InChI=1S/C15H21NO3S2/c1-2-15(14(18)19)6-4-7-16(11-15)13(17)10-20-9-12-5-3-8-21-12/h3,5,8H,2,4,6-7,9-11H2,1H3,(H,18,19). The highest BCUT2D eigenvalue weighted by Gasteiger charge is 2.41. The van der Waals surface area contributed by atoms with Gasteiger partial charge in [0.25, 0.3) is 0 Å². The maximum atomic E-state index is 12.3. The lowest BCUT2D eigenvalue weighted by Crippen LogP contribution is -2.50. The van der Waals surface area contributed by atoms with Crippen molar-refractivity contribution in [1.82, 2.24) is 4.90 Å². The van der Waals surface area contributed by atoms with Crippen LogP contribution in [0.5, 0.6) is 0 Å². The summed E-state index contributed by atoms with van der Waals surface area (Å²) in [5, 5.41) is 11.5. The van der Waals surface area contributed by atoms with Crippen molar-refractivity contribution in [3.05, 3.63) is 22.4 Å². The number of hydrogen-bond acceptors (Lipinski definition) is 4.